The van der Waals surface area contributed by atoms with E-state index in [4.69, 9.17) is 15.9 Å². The lowest BCUT2D eigenvalue weighted by molar-refractivity contribution is -0.143. The van der Waals surface area contributed by atoms with Gasteiger partial charge in [0, 0.05) is 42.1 Å². The zero-order valence-corrected chi connectivity index (χ0v) is 21.6. The molecule has 0 bridgehead atoms. The van der Waals surface area contributed by atoms with E-state index in [1.165, 1.54) is 0 Å². The summed E-state index contributed by atoms with van der Waals surface area (Å²) in [5.41, 5.74) is 6.99. The molecule has 4 unspecified atom stereocenters. The number of rotatable bonds is 16. The molecule has 9 N–H and O–H groups in total. The number of aromatic amines is 1. The molecule has 0 radical (unpaired) electrons. The van der Waals surface area contributed by atoms with E-state index in [2.05, 4.69) is 33.6 Å². The molecule has 0 fully saturated rings. The highest BCUT2D eigenvalue weighted by atomic mass is 32.1. The van der Waals surface area contributed by atoms with Crippen LogP contribution in [0.1, 0.15) is 31.2 Å². The zero-order chi connectivity index (χ0) is 29.1. The number of aliphatic carboxylic acids is 3. The number of nitrogens with two attached hydrogens (primary N) is 1. The van der Waals surface area contributed by atoms with Crippen molar-refractivity contribution in [3.63, 3.8) is 0 Å². The first-order valence-electron chi connectivity index (χ1n) is 11.9. The van der Waals surface area contributed by atoms with Crippen LogP contribution in [-0.2, 0) is 35.2 Å². The summed E-state index contributed by atoms with van der Waals surface area (Å²) in [7, 11) is 0. The Morgan fingerprint density at radius 2 is 1.36 bits per heavy atom. The van der Waals surface area contributed by atoms with Crippen LogP contribution in [0.25, 0.3) is 10.9 Å². The normalized spacial score (nSPS) is 14.0. The van der Waals surface area contributed by atoms with Crippen LogP contribution in [0.5, 0.6) is 0 Å². The molecule has 0 aliphatic carbocycles. The summed E-state index contributed by atoms with van der Waals surface area (Å²) in [6, 6.07) is 1.75. The number of amides is 3. The molecule has 1 aromatic heterocycles. The van der Waals surface area contributed by atoms with Gasteiger partial charge in [-0.25, -0.2) is 4.79 Å². The molecule has 0 saturated carbocycles. The number of carbonyl (C=O) groups excluding carboxylic acids is 3. The molecule has 0 spiro atoms. The second-order valence-electron chi connectivity index (χ2n) is 8.74. The van der Waals surface area contributed by atoms with E-state index in [9.17, 15) is 33.9 Å². The number of hydrogen-bond acceptors (Lipinski definition) is 8. The van der Waals surface area contributed by atoms with Gasteiger partial charge in [-0.15, -0.1) is 0 Å². The Balaban J connectivity index is 2.33. The lowest BCUT2D eigenvalue weighted by Gasteiger charge is -2.25. The van der Waals surface area contributed by atoms with Gasteiger partial charge in [-0.05, 0) is 24.5 Å². The lowest BCUT2D eigenvalue weighted by Crippen LogP contribution is -2.57. The predicted molar refractivity (Wildman–Crippen MR) is 141 cm³/mol. The molecule has 1 heterocycles. The first kappa shape index (κ1) is 31.1. The minimum absolute atomic E-state index is 0.0440. The number of carboxylic acid groups (broad SMARTS) is 3. The van der Waals surface area contributed by atoms with Crippen LogP contribution in [0.2, 0.25) is 0 Å². The van der Waals surface area contributed by atoms with Crippen LogP contribution in [0.15, 0.2) is 30.5 Å². The van der Waals surface area contributed by atoms with Crippen molar-refractivity contribution >= 4 is 59.2 Å². The molecule has 4 atom stereocenters. The molecule has 0 aliphatic heterocycles. The number of hydrogen-bond donors (Lipinski definition) is 9. The Bertz CT molecular complexity index is 1220. The Kier molecular flexibility index (Phi) is 11.7. The largest absolute Gasteiger partial charge is 0.481 e. The average Bonchev–Trinajstić information content (AvgIpc) is 3.29. The number of benzene rings is 1. The van der Waals surface area contributed by atoms with Crippen molar-refractivity contribution < 1.29 is 44.1 Å². The molecular weight excluding hydrogens is 534 g/mol. The van der Waals surface area contributed by atoms with Gasteiger partial charge in [0.05, 0.1) is 6.04 Å². The summed E-state index contributed by atoms with van der Waals surface area (Å²) in [4.78, 5) is 75.4. The monoisotopic (exact) mass is 565 g/mol. The topological polar surface area (TPSA) is 241 Å². The van der Waals surface area contributed by atoms with Gasteiger partial charge in [-0.3, -0.25) is 24.0 Å². The maximum Gasteiger partial charge on any atom is 0.326 e. The molecule has 2 rings (SSSR count). The summed E-state index contributed by atoms with van der Waals surface area (Å²) in [5.74, 6) is -6.55. The van der Waals surface area contributed by atoms with E-state index < -0.39 is 79.1 Å². The van der Waals surface area contributed by atoms with Crippen molar-refractivity contribution in [2.45, 2.75) is 56.3 Å². The Labute approximate surface area is 228 Å². The van der Waals surface area contributed by atoms with Gasteiger partial charge in [0.2, 0.25) is 17.7 Å². The fourth-order valence-corrected chi connectivity index (χ4v) is 3.86. The van der Waals surface area contributed by atoms with E-state index >= 15 is 0 Å². The number of para-hydroxylation sites is 1. The number of nitrogens with one attached hydrogen (secondary N) is 4. The summed E-state index contributed by atoms with van der Waals surface area (Å²) in [5, 5.41) is 35.3. The number of H-pyrrole nitrogens is 1. The van der Waals surface area contributed by atoms with E-state index in [0.717, 1.165) is 10.9 Å². The Hall–Kier alpha value is -4.11. The quantitative estimate of drug-likeness (QED) is 0.115. The van der Waals surface area contributed by atoms with Crippen LogP contribution in [0.4, 0.5) is 0 Å². The molecule has 0 saturated heterocycles. The maximum absolute atomic E-state index is 13.2. The van der Waals surface area contributed by atoms with Gasteiger partial charge < -0.3 is 42.0 Å². The predicted octanol–water partition coefficient (Wildman–Crippen LogP) is -0.764. The highest BCUT2D eigenvalue weighted by molar-refractivity contribution is 7.80. The van der Waals surface area contributed by atoms with Crippen molar-refractivity contribution in [2.24, 2.45) is 5.73 Å². The van der Waals surface area contributed by atoms with Crippen LogP contribution in [-0.4, -0.2) is 85.9 Å². The third kappa shape index (κ3) is 9.61. The number of fused-ring (bicyclic) bond motifs is 1. The third-order valence-corrected chi connectivity index (χ3v) is 6.20. The van der Waals surface area contributed by atoms with Crippen molar-refractivity contribution in [2.75, 3.05) is 5.75 Å². The molecule has 15 heteroatoms. The molecule has 1 aromatic carbocycles. The van der Waals surface area contributed by atoms with E-state index in [-0.39, 0.29) is 18.6 Å². The SMILES string of the molecule is NC(CS)C(=O)NC(CCC(=O)O)C(=O)NC(Cc1c[nH]c2ccccc12)C(=O)NC(CCC(=O)O)C(=O)O. The van der Waals surface area contributed by atoms with Gasteiger partial charge in [-0.2, -0.15) is 12.6 Å². The average molecular weight is 566 g/mol. The lowest BCUT2D eigenvalue weighted by atomic mass is 10.0. The van der Waals surface area contributed by atoms with Crippen molar-refractivity contribution in [1.82, 2.24) is 20.9 Å². The maximum atomic E-state index is 13.2. The van der Waals surface area contributed by atoms with Crippen LogP contribution >= 0.6 is 12.6 Å². The van der Waals surface area contributed by atoms with Crippen LogP contribution in [0, 0.1) is 0 Å². The highest BCUT2D eigenvalue weighted by Gasteiger charge is 2.31. The third-order valence-electron chi connectivity index (χ3n) is 5.81. The molecule has 212 valence electrons. The molecule has 0 aliphatic rings. The van der Waals surface area contributed by atoms with E-state index in [1.54, 1.807) is 30.5 Å². The first-order chi connectivity index (χ1) is 18.4. The summed E-state index contributed by atoms with van der Waals surface area (Å²) >= 11 is 3.93. The zero-order valence-electron chi connectivity index (χ0n) is 20.8. The minimum Gasteiger partial charge on any atom is -0.481 e. The van der Waals surface area contributed by atoms with Crippen molar-refractivity contribution in [3.05, 3.63) is 36.0 Å². The van der Waals surface area contributed by atoms with Crippen molar-refractivity contribution in [3.8, 4) is 0 Å². The molecule has 2 aromatic rings. The second-order valence-corrected chi connectivity index (χ2v) is 9.10. The summed E-state index contributed by atoms with van der Waals surface area (Å²) in [6.45, 7) is 0. The van der Waals surface area contributed by atoms with Gasteiger partial charge >= 0.3 is 17.9 Å². The smallest absolute Gasteiger partial charge is 0.326 e. The molecule has 39 heavy (non-hydrogen) atoms. The first-order valence-corrected chi connectivity index (χ1v) is 12.5. The summed E-state index contributed by atoms with van der Waals surface area (Å²) in [6.07, 6.45) is -0.212. The Morgan fingerprint density at radius 1 is 0.821 bits per heavy atom. The Morgan fingerprint density at radius 3 is 1.95 bits per heavy atom. The van der Waals surface area contributed by atoms with Gasteiger partial charge in [0.1, 0.15) is 18.1 Å². The standard InChI is InChI=1S/C24H31N5O9S/c25-14(11-39)21(34)27-16(5-7-19(30)31)22(35)29-18(9-12-10-26-15-4-2-1-3-13(12)15)23(36)28-17(24(37)38)6-8-20(32)33/h1-4,10,14,16-18,26,39H,5-9,11,25H2,(H,27,34)(H,28,36)(H,29,35)(H,30,31)(H,32,33)(H,37,38). The molecule has 14 nitrogen and oxygen atoms in total. The van der Waals surface area contributed by atoms with Gasteiger partial charge in [-0.1, -0.05) is 18.2 Å². The molecule has 3 amide bonds. The fraction of sp³-hybridized carbons (Fsp3) is 0.417. The van der Waals surface area contributed by atoms with Gasteiger partial charge in [0.25, 0.3) is 0 Å². The van der Waals surface area contributed by atoms with Crippen LogP contribution in [0.3, 0.4) is 0 Å². The second kappa shape index (κ2) is 14.7. The van der Waals surface area contributed by atoms with E-state index in [1.807, 2.05) is 0 Å². The van der Waals surface area contributed by atoms with Crippen LogP contribution < -0.4 is 21.7 Å². The fourth-order valence-electron chi connectivity index (χ4n) is 3.70. The minimum atomic E-state index is -1.55. The summed E-state index contributed by atoms with van der Waals surface area (Å²) < 4.78 is 0. The molecular formula is C24H31N5O9S. The number of thiol groups is 1. The van der Waals surface area contributed by atoms with Crippen molar-refractivity contribution in [1.29, 1.82) is 0 Å². The van der Waals surface area contributed by atoms with Gasteiger partial charge in [0.15, 0.2) is 0 Å². The highest BCUT2D eigenvalue weighted by Crippen LogP contribution is 2.19. The number of carbonyl (C=O) groups is 6. The number of aromatic nitrogens is 1. The van der Waals surface area contributed by atoms with E-state index in [0.29, 0.717) is 5.56 Å². The number of carboxylic acids is 3.